The highest BCUT2D eigenvalue weighted by molar-refractivity contribution is 7.99. The molecule has 5 rings (SSSR count). The van der Waals surface area contributed by atoms with Crippen LogP contribution in [0.25, 0.3) is 11.2 Å². The fourth-order valence-electron chi connectivity index (χ4n) is 3.36. The van der Waals surface area contributed by atoms with Crippen LogP contribution in [0.1, 0.15) is 6.23 Å². The van der Waals surface area contributed by atoms with Gasteiger partial charge in [-0.1, -0.05) is 23.4 Å². The largest absolute Gasteiger partial charge is 0.472 e. The fraction of sp³-hybridized carbons (Fsp3) is 0.312. The summed E-state index contributed by atoms with van der Waals surface area (Å²) in [6.45, 7) is -0.199. The van der Waals surface area contributed by atoms with Gasteiger partial charge in [-0.05, 0) is 24.3 Å². The number of halogens is 1. The quantitative estimate of drug-likeness (QED) is 0.480. The highest BCUT2D eigenvalue weighted by Crippen LogP contribution is 2.53. The summed E-state index contributed by atoms with van der Waals surface area (Å²) in [5.41, 5.74) is 6.65. The average molecular weight is 472 g/mol. The number of imidazole rings is 1. The van der Waals surface area contributed by atoms with E-state index in [1.54, 1.807) is 16.7 Å². The lowest BCUT2D eigenvalue weighted by molar-refractivity contribution is -0.0684. The molecule has 0 spiro atoms. The zero-order valence-electron chi connectivity index (χ0n) is 15.0. The monoisotopic (exact) mass is 471 g/mol. The Morgan fingerprint density at radius 1 is 1.30 bits per heavy atom. The molecule has 0 radical (unpaired) electrons. The van der Waals surface area contributed by atoms with Gasteiger partial charge in [0.15, 0.2) is 28.4 Å². The minimum Gasteiger partial charge on any atom is -0.386 e. The molecule has 2 aliphatic rings. The van der Waals surface area contributed by atoms with Gasteiger partial charge in [-0.2, -0.15) is 0 Å². The molecule has 0 bridgehead atoms. The molecular weight excluding hydrogens is 457 g/mol. The summed E-state index contributed by atoms with van der Waals surface area (Å²) in [5.74, 6) is 0.168. The van der Waals surface area contributed by atoms with Gasteiger partial charge in [-0.3, -0.25) is 13.6 Å². The van der Waals surface area contributed by atoms with Gasteiger partial charge in [-0.25, -0.2) is 19.5 Å². The lowest BCUT2D eigenvalue weighted by Gasteiger charge is -2.27. The number of hydrogen-bond donors (Lipinski definition) is 3. The summed E-state index contributed by atoms with van der Waals surface area (Å²) in [4.78, 5) is 23.2. The zero-order chi connectivity index (χ0) is 21.0. The van der Waals surface area contributed by atoms with Gasteiger partial charge in [0.2, 0.25) is 0 Å². The van der Waals surface area contributed by atoms with Gasteiger partial charge in [0, 0.05) is 9.92 Å². The van der Waals surface area contributed by atoms with Crippen LogP contribution in [0.15, 0.2) is 40.6 Å². The van der Waals surface area contributed by atoms with Crippen LogP contribution in [0.4, 0.5) is 5.82 Å². The Bertz CT molecular complexity index is 1160. The van der Waals surface area contributed by atoms with E-state index in [2.05, 4.69) is 15.0 Å². The van der Waals surface area contributed by atoms with Crippen molar-refractivity contribution in [1.82, 2.24) is 19.5 Å². The molecule has 1 unspecified atom stereocenters. The standard InChI is InChI=1S/C16H15ClN5O6PS/c17-7-1-3-8(4-2-7)30-16-21-10-13(18)19-6-20-14(10)22(16)15-11(23)12-9(27-15)5-26-29(24,25)28-12/h1-4,6,9,11-12,15,23H,5H2,(H,24,25)(H2,18,19,20)/t9-,11-,12-,15-/m0/s1. The number of benzene rings is 1. The van der Waals surface area contributed by atoms with Crippen LogP contribution >= 0.6 is 31.2 Å². The molecule has 4 heterocycles. The van der Waals surface area contributed by atoms with Gasteiger partial charge in [-0.15, -0.1) is 0 Å². The van der Waals surface area contributed by atoms with Gasteiger partial charge in [0.05, 0.1) is 6.61 Å². The van der Waals surface area contributed by atoms with Crippen LogP contribution in [-0.2, 0) is 18.3 Å². The van der Waals surface area contributed by atoms with E-state index in [9.17, 15) is 14.6 Å². The number of ether oxygens (including phenoxy) is 1. The molecule has 2 saturated heterocycles. The number of aliphatic hydroxyl groups is 1. The van der Waals surface area contributed by atoms with Crippen molar-refractivity contribution in [1.29, 1.82) is 0 Å². The Kier molecular flexibility index (Phi) is 4.99. The summed E-state index contributed by atoms with van der Waals surface area (Å²) in [6, 6.07) is 7.11. The lowest BCUT2D eigenvalue weighted by atomic mass is 10.1. The second kappa shape index (κ2) is 7.43. The Balaban J connectivity index is 1.58. The fourth-order valence-corrected chi connectivity index (χ4v) is 5.36. The normalized spacial score (nSPS) is 31.2. The van der Waals surface area contributed by atoms with E-state index in [1.165, 1.54) is 18.1 Å². The van der Waals surface area contributed by atoms with Gasteiger partial charge >= 0.3 is 7.82 Å². The lowest BCUT2D eigenvalue weighted by Crippen LogP contribution is -2.39. The number of anilines is 1. The van der Waals surface area contributed by atoms with E-state index >= 15 is 0 Å². The number of hydrogen-bond acceptors (Lipinski definition) is 10. The zero-order valence-corrected chi connectivity index (χ0v) is 17.5. The van der Waals surface area contributed by atoms with Crippen molar-refractivity contribution < 1.29 is 28.3 Å². The molecule has 0 aliphatic carbocycles. The topological polar surface area (TPSA) is 155 Å². The van der Waals surface area contributed by atoms with Gasteiger partial charge < -0.3 is 20.5 Å². The number of aliphatic hydroxyl groups excluding tert-OH is 1. The minimum absolute atomic E-state index is 0.168. The van der Waals surface area contributed by atoms with E-state index < -0.39 is 32.4 Å². The van der Waals surface area contributed by atoms with Crippen LogP contribution in [0, 0.1) is 0 Å². The summed E-state index contributed by atoms with van der Waals surface area (Å²) in [6.07, 6.45) is -2.80. The molecule has 14 heteroatoms. The third-order valence-electron chi connectivity index (χ3n) is 4.72. The predicted octanol–water partition coefficient (Wildman–Crippen LogP) is 1.99. The predicted molar refractivity (Wildman–Crippen MR) is 106 cm³/mol. The van der Waals surface area contributed by atoms with Crippen molar-refractivity contribution in [3.8, 4) is 0 Å². The molecule has 2 fully saturated rings. The molecule has 1 aromatic carbocycles. The molecule has 2 aliphatic heterocycles. The maximum absolute atomic E-state index is 11.8. The summed E-state index contributed by atoms with van der Waals surface area (Å²) >= 11 is 7.24. The number of fused-ring (bicyclic) bond motifs is 2. The van der Waals surface area contributed by atoms with E-state index in [1.807, 2.05) is 12.1 Å². The highest BCUT2D eigenvalue weighted by atomic mass is 35.5. The van der Waals surface area contributed by atoms with Crippen molar-refractivity contribution >= 4 is 48.2 Å². The van der Waals surface area contributed by atoms with Crippen LogP contribution in [0.3, 0.4) is 0 Å². The number of nitrogens with zero attached hydrogens (tertiary/aromatic N) is 4. The molecule has 5 atom stereocenters. The van der Waals surface area contributed by atoms with Crippen molar-refractivity contribution in [2.24, 2.45) is 0 Å². The van der Waals surface area contributed by atoms with Crippen LogP contribution < -0.4 is 5.73 Å². The molecular formula is C16H15ClN5O6PS. The third-order valence-corrected chi connectivity index (χ3v) is 6.93. The molecule has 2 aromatic heterocycles. The smallest absolute Gasteiger partial charge is 0.386 e. The Morgan fingerprint density at radius 3 is 2.83 bits per heavy atom. The highest BCUT2D eigenvalue weighted by Gasteiger charge is 2.53. The first-order valence-electron chi connectivity index (χ1n) is 8.73. The Labute approximate surface area is 178 Å². The van der Waals surface area contributed by atoms with E-state index in [0.29, 0.717) is 21.3 Å². The molecule has 4 N–H and O–H groups in total. The average Bonchev–Trinajstić information content (AvgIpc) is 3.21. The number of nitrogen functional groups attached to an aromatic ring is 1. The van der Waals surface area contributed by atoms with E-state index in [-0.39, 0.29) is 12.4 Å². The first kappa shape index (κ1) is 20.2. The number of phosphoric acid groups is 1. The van der Waals surface area contributed by atoms with Gasteiger partial charge in [0.25, 0.3) is 0 Å². The SMILES string of the molecule is Nc1ncnc2c1nc(Sc1ccc(Cl)cc1)n2[C@H]1O[C@H]2COP(=O)(O)O[C@@H]2[C@@H]1O. The van der Waals surface area contributed by atoms with E-state index in [4.69, 9.17) is 31.1 Å². The minimum atomic E-state index is -4.25. The number of rotatable bonds is 3. The van der Waals surface area contributed by atoms with Crippen molar-refractivity contribution in [3.05, 3.63) is 35.6 Å². The maximum atomic E-state index is 11.8. The summed E-state index contributed by atoms with van der Waals surface area (Å²) in [5, 5.41) is 11.9. The third kappa shape index (κ3) is 3.49. The Hall–Kier alpha value is -1.76. The summed E-state index contributed by atoms with van der Waals surface area (Å²) in [7, 11) is -4.25. The van der Waals surface area contributed by atoms with Crippen molar-refractivity contribution in [2.45, 2.75) is 34.6 Å². The van der Waals surface area contributed by atoms with Crippen molar-refractivity contribution in [2.75, 3.05) is 12.3 Å². The number of phosphoric ester groups is 1. The number of aromatic nitrogens is 4. The molecule has 3 aromatic rings. The first-order valence-corrected chi connectivity index (χ1v) is 11.4. The van der Waals surface area contributed by atoms with Gasteiger partial charge in [0.1, 0.15) is 24.6 Å². The van der Waals surface area contributed by atoms with Crippen LogP contribution in [0.2, 0.25) is 5.02 Å². The van der Waals surface area contributed by atoms with E-state index in [0.717, 1.165) is 4.90 Å². The molecule has 0 amide bonds. The summed E-state index contributed by atoms with van der Waals surface area (Å²) < 4.78 is 29.1. The maximum Gasteiger partial charge on any atom is 0.472 e. The Morgan fingerprint density at radius 2 is 2.07 bits per heavy atom. The first-order chi connectivity index (χ1) is 14.3. The number of nitrogens with two attached hydrogens (primary N) is 1. The van der Waals surface area contributed by atoms with Crippen molar-refractivity contribution in [3.63, 3.8) is 0 Å². The molecule has 11 nitrogen and oxygen atoms in total. The van der Waals surface area contributed by atoms with Crippen LogP contribution in [-0.4, -0.2) is 54.4 Å². The second-order valence-electron chi connectivity index (χ2n) is 6.64. The second-order valence-corrected chi connectivity index (χ2v) is 9.52. The molecule has 0 saturated carbocycles. The van der Waals surface area contributed by atoms with Crippen LogP contribution in [0.5, 0.6) is 0 Å². The molecule has 158 valence electrons. The molecule has 30 heavy (non-hydrogen) atoms.